The van der Waals surface area contributed by atoms with Crippen molar-refractivity contribution in [3.8, 4) is 6.07 Å². The zero-order valence-electron chi connectivity index (χ0n) is 11.3. The third kappa shape index (κ3) is 5.44. The molecule has 0 spiro atoms. The number of carbonyl (C=O) groups excluding carboxylic acids is 1. The molecule has 11 heteroatoms. The number of hydrogen-bond donors (Lipinski definition) is 3. The first kappa shape index (κ1) is 17.0. The van der Waals surface area contributed by atoms with E-state index in [1.165, 1.54) is 16.7 Å². The SMILES string of the molecule is N#CC1SCCN1C(=O)[C@@H](N)CCCNC(N)=N[N+](=O)[O-]. The normalized spacial score (nSPS) is 19.9. The summed E-state index contributed by atoms with van der Waals surface area (Å²) >= 11 is 1.41. The quantitative estimate of drug-likeness (QED) is 0.177. The molecule has 1 rings (SSSR count). The molecule has 1 amide bonds. The number of nitrogens with zero attached hydrogens (tertiary/aromatic N) is 4. The van der Waals surface area contributed by atoms with E-state index in [0.717, 1.165) is 5.75 Å². The van der Waals surface area contributed by atoms with Crippen LogP contribution in [0.5, 0.6) is 0 Å². The van der Waals surface area contributed by atoms with E-state index in [1.54, 1.807) is 0 Å². The molecule has 0 saturated carbocycles. The maximum atomic E-state index is 12.1. The monoisotopic (exact) mass is 315 g/mol. The van der Waals surface area contributed by atoms with Crippen molar-refractivity contribution in [2.45, 2.75) is 24.3 Å². The lowest BCUT2D eigenvalue weighted by atomic mass is 10.1. The van der Waals surface area contributed by atoms with Crippen molar-refractivity contribution in [3.63, 3.8) is 0 Å². The third-order valence-corrected chi connectivity index (χ3v) is 3.88. The van der Waals surface area contributed by atoms with Crippen LogP contribution in [0.2, 0.25) is 0 Å². The van der Waals surface area contributed by atoms with Gasteiger partial charge in [-0.3, -0.25) is 4.79 Å². The Hall–Kier alpha value is -2.06. The van der Waals surface area contributed by atoms with Gasteiger partial charge in [0.25, 0.3) is 5.96 Å². The molecule has 5 N–H and O–H groups in total. The molecule has 1 saturated heterocycles. The van der Waals surface area contributed by atoms with Crippen LogP contribution in [0.15, 0.2) is 5.10 Å². The summed E-state index contributed by atoms with van der Waals surface area (Å²) in [5.41, 5.74) is 11.0. The number of thioether (sulfide) groups is 1. The smallest absolute Gasteiger partial charge is 0.266 e. The minimum atomic E-state index is -0.898. The minimum absolute atomic E-state index is 0.251. The first-order valence-corrected chi connectivity index (χ1v) is 7.30. The van der Waals surface area contributed by atoms with Gasteiger partial charge in [0.2, 0.25) is 5.91 Å². The maximum Gasteiger partial charge on any atom is 0.266 e. The highest BCUT2D eigenvalue weighted by molar-refractivity contribution is 8.00. The molecule has 0 aromatic heterocycles. The summed E-state index contributed by atoms with van der Waals surface area (Å²) in [6.45, 7) is 0.844. The van der Waals surface area contributed by atoms with Gasteiger partial charge in [-0.15, -0.1) is 11.8 Å². The van der Waals surface area contributed by atoms with Gasteiger partial charge in [0.15, 0.2) is 10.4 Å². The first-order chi connectivity index (χ1) is 9.95. The Kier molecular flexibility index (Phi) is 6.70. The molecule has 1 unspecified atom stereocenters. The van der Waals surface area contributed by atoms with Crippen molar-refractivity contribution in [3.05, 3.63) is 10.1 Å². The van der Waals surface area contributed by atoms with Gasteiger partial charge in [0.05, 0.1) is 12.1 Å². The maximum absolute atomic E-state index is 12.1. The van der Waals surface area contributed by atoms with Crippen molar-refractivity contribution in [1.82, 2.24) is 10.2 Å². The predicted molar refractivity (Wildman–Crippen MR) is 77.4 cm³/mol. The van der Waals surface area contributed by atoms with E-state index >= 15 is 0 Å². The standard InChI is InChI=1S/C10H17N7O3S/c11-6-8-16(4-5-21-8)9(18)7(12)2-1-3-14-10(13)15-17(19)20/h7-8H,1-5,12H2,(H3,13,14,15)/t7-,8?/m0/s1. The van der Waals surface area contributed by atoms with Crippen LogP contribution in [-0.2, 0) is 4.79 Å². The average Bonchev–Trinajstić information content (AvgIpc) is 2.90. The van der Waals surface area contributed by atoms with Crippen LogP contribution in [0.4, 0.5) is 0 Å². The molecule has 0 aromatic carbocycles. The second-order valence-electron chi connectivity index (χ2n) is 4.28. The summed E-state index contributed by atoms with van der Waals surface area (Å²) in [6.07, 6.45) is 0.885. The van der Waals surface area contributed by atoms with Gasteiger partial charge < -0.3 is 21.7 Å². The number of nitriles is 1. The number of hydrogen-bond acceptors (Lipinski definition) is 6. The van der Waals surface area contributed by atoms with Gasteiger partial charge in [0, 0.05) is 18.8 Å². The van der Waals surface area contributed by atoms with Crippen LogP contribution >= 0.6 is 11.8 Å². The molecule has 1 heterocycles. The molecule has 0 radical (unpaired) electrons. The Morgan fingerprint density at radius 2 is 2.43 bits per heavy atom. The van der Waals surface area contributed by atoms with E-state index in [9.17, 15) is 14.9 Å². The lowest BCUT2D eigenvalue weighted by molar-refractivity contribution is -0.485. The Bertz CT molecular complexity index is 464. The topological polar surface area (TPSA) is 164 Å². The predicted octanol–water partition coefficient (Wildman–Crippen LogP) is -1.39. The number of nitro groups is 1. The molecule has 1 aliphatic heterocycles. The van der Waals surface area contributed by atoms with Crippen LogP contribution in [0.1, 0.15) is 12.8 Å². The van der Waals surface area contributed by atoms with Crippen LogP contribution < -0.4 is 16.8 Å². The van der Waals surface area contributed by atoms with Gasteiger partial charge in [-0.05, 0) is 12.8 Å². The fourth-order valence-electron chi connectivity index (χ4n) is 1.80. The van der Waals surface area contributed by atoms with E-state index < -0.39 is 16.4 Å². The summed E-state index contributed by atoms with van der Waals surface area (Å²) in [7, 11) is 0. The van der Waals surface area contributed by atoms with E-state index in [2.05, 4.69) is 16.5 Å². The summed E-state index contributed by atoms with van der Waals surface area (Å²) in [5.74, 6) is 0.186. The lowest BCUT2D eigenvalue weighted by Crippen LogP contribution is -2.45. The van der Waals surface area contributed by atoms with Gasteiger partial charge in [-0.2, -0.15) is 5.26 Å². The fourth-order valence-corrected chi connectivity index (χ4v) is 2.79. The number of nitrogens with two attached hydrogens (primary N) is 2. The molecule has 10 nitrogen and oxygen atoms in total. The van der Waals surface area contributed by atoms with Crippen molar-refractivity contribution in [2.75, 3.05) is 18.8 Å². The number of guanidine groups is 1. The molecular formula is C10H17N7O3S. The summed E-state index contributed by atoms with van der Waals surface area (Å²) in [4.78, 5) is 23.6. The number of hydrazone groups is 1. The van der Waals surface area contributed by atoms with Crippen molar-refractivity contribution >= 4 is 23.6 Å². The molecule has 116 valence electrons. The molecular weight excluding hydrogens is 298 g/mol. The van der Waals surface area contributed by atoms with E-state index in [1.807, 2.05) is 0 Å². The van der Waals surface area contributed by atoms with E-state index in [0.29, 0.717) is 25.9 Å². The first-order valence-electron chi connectivity index (χ1n) is 6.25. The van der Waals surface area contributed by atoms with Gasteiger partial charge in [-0.25, -0.2) is 10.1 Å². The van der Waals surface area contributed by atoms with Crippen LogP contribution in [0, 0.1) is 21.4 Å². The van der Waals surface area contributed by atoms with Gasteiger partial charge in [0.1, 0.15) is 5.10 Å². The number of amides is 1. The van der Waals surface area contributed by atoms with Crippen LogP contribution in [0.3, 0.4) is 0 Å². The van der Waals surface area contributed by atoms with Crippen molar-refractivity contribution in [1.29, 1.82) is 5.26 Å². The third-order valence-electron chi connectivity index (χ3n) is 2.79. The number of carbonyl (C=O) groups is 1. The second-order valence-corrected chi connectivity index (χ2v) is 5.47. The van der Waals surface area contributed by atoms with Gasteiger partial charge in [-0.1, -0.05) is 0 Å². The highest BCUT2D eigenvalue weighted by atomic mass is 32.2. The molecule has 1 aliphatic rings. The Labute approximate surface area is 125 Å². The summed E-state index contributed by atoms with van der Waals surface area (Å²) in [5, 5.41) is 23.0. The molecule has 0 aliphatic carbocycles. The Balaban J connectivity index is 2.31. The zero-order chi connectivity index (χ0) is 15.8. The lowest BCUT2D eigenvalue weighted by Gasteiger charge is -2.22. The highest BCUT2D eigenvalue weighted by Crippen LogP contribution is 2.23. The van der Waals surface area contributed by atoms with Gasteiger partial charge >= 0.3 is 0 Å². The number of nitrogens with one attached hydrogen (secondary N) is 1. The molecule has 0 bridgehead atoms. The minimum Gasteiger partial charge on any atom is -0.365 e. The van der Waals surface area contributed by atoms with Crippen LogP contribution in [-0.4, -0.2) is 52.1 Å². The van der Waals surface area contributed by atoms with Crippen molar-refractivity contribution in [2.24, 2.45) is 16.6 Å². The largest absolute Gasteiger partial charge is 0.365 e. The van der Waals surface area contributed by atoms with E-state index in [4.69, 9.17) is 16.7 Å². The van der Waals surface area contributed by atoms with Crippen LogP contribution in [0.25, 0.3) is 0 Å². The molecule has 1 fully saturated rings. The average molecular weight is 315 g/mol. The Morgan fingerprint density at radius 1 is 1.71 bits per heavy atom. The molecule has 2 atom stereocenters. The zero-order valence-corrected chi connectivity index (χ0v) is 12.1. The second kappa shape index (κ2) is 8.28. The summed E-state index contributed by atoms with van der Waals surface area (Å²) < 4.78 is 0. The highest BCUT2D eigenvalue weighted by Gasteiger charge is 2.31. The van der Waals surface area contributed by atoms with E-state index in [-0.39, 0.29) is 11.9 Å². The van der Waals surface area contributed by atoms with Crippen molar-refractivity contribution < 1.29 is 9.83 Å². The number of rotatable bonds is 6. The Morgan fingerprint density at radius 3 is 3.05 bits per heavy atom. The fraction of sp³-hybridized carbons (Fsp3) is 0.700. The molecule has 0 aromatic rings. The molecule has 21 heavy (non-hydrogen) atoms. The summed E-state index contributed by atoms with van der Waals surface area (Å²) in [6, 6.07) is 1.36.